The summed E-state index contributed by atoms with van der Waals surface area (Å²) in [5.74, 6) is -0.242. The van der Waals surface area contributed by atoms with Gasteiger partial charge in [-0.15, -0.1) is 0 Å². The van der Waals surface area contributed by atoms with Gasteiger partial charge in [-0.05, 0) is 61.6 Å². The summed E-state index contributed by atoms with van der Waals surface area (Å²) in [5.41, 5.74) is 1.97. The summed E-state index contributed by atoms with van der Waals surface area (Å²) >= 11 is 0. The summed E-state index contributed by atoms with van der Waals surface area (Å²) in [6, 6.07) is 14.1. The Kier molecular flexibility index (Phi) is 5.51. The van der Waals surface area contributed by atoms with Crippen molar-refractivity contribution in [1.82, 2.24) is 4.90 Å². The van der Waals surface area contributed by atoms with Crippen molar-refractivity contribution in [3.05, 3.63) is 59.7 Å². The molecular weight excluding hydrogens is 415 g/mol. The zero-order chi connectivity index (χ0) is 22.3. The third kappa shape index (κ3) is 3.93. The SMILES string of the molecule is O=C([C@H]1Cc2cc(C(F)(F)F)ccc2N2CCN(c3ccccc3)C[C@H]12)N1CCCCC1. The minimum Gasteiger partial charge on any atom is -0.368 e. The van der Waals surface area contributed by atoms with Gasteiger partial charge in [-0.1, -0.05) is 18.2 Å². The summed E-state index contributed by atoms with van der Waals surface area (Å²) in [4.78, 5) is 20.0. The number of hydrogen-bond acceptors (Lipinski definition) is 3. The molecule has 0 aromatic heterocycles. The predicted octanol–water partition coefficient (Wildman–Crippen LogP) is 4.59. The van der Waals surface area contributed by atoms with Gasteiger partial charge < -0.3 is 14.7 Å². The number of nitrogens with zero attached hydrogens (tertiary/aromatic N) is 3. The molecule has 7 heteroatoms. The molecule has 2 saturated heterocycles. The summed E-state index contributed by atoms with van der Waals surface area (Å²) in [6.07, 6.45) is -0.901. The minimum atomic E-state index is -4.38. The molecule has 2 fully saturated rings. The maximum absolute atomic E-state index is 13.6. The summed E-state index contributed by atoms with van der Waals surface area (Å²) < 4.78 is 40.1. The maximum atomic E-state index is 13.6. The fraction of sp³-hybridized carbons (Fsp3) is 0.480. The third-order valence-electron chi connectivity index (χ3n) is 7.15. The number of amides is 1. The van der Waals surface area contributed by atoms with Crippen molar-refractivity contribution in [1.29, 1.82) is 0 Å². The van der Waals surface area contributed by atoms with Crippen molar-refractivity contribution >= 4 is 17.3 Å². The average Bonchev–Trinajstić information content (AvgIpc) is 2.83. The number of piperidine rings is 1. The zero-order valence-electron chi connectivity index (χ0n) is 18.0. The summed E-state index contributed by atoms with van der Waals surface area (Å²) in [5, 5.41) is 0. The molecule has 0 radical (unpaired) electrons. The molecule has 0 bridgehead atoms. The fourth-order valence-electron chi connectivity index (χ4n) is 5.51. The van der Waals surface area contributed by atoms with E-state index >= 15 is 0 Å². The van der Waals surface area contributed by atoms with Gasteiger partial charge in [0.25, 0.3) is 0 Å². The third-order valence-corrected chi connectivity index (χ3v) is 7.15. The van der Waals surface area contributed by atoms with Gasteiger partial charge >= 0.3 is 6.18 Å². The molecule has 3 heterocycles. The van der Waals surface area contributed by atoms with Crippen LogP contribution in [0.2, 0.25) is 0 Å². The molecule has 5 rings (SSSR count). The first-order chi connectivity index (χ1) is 15.4. The van der Waals surface area contributed by atoms with Gasteiger partial charge in [0.2, 0.25) is 5.91 Å². The fourth-order valence-corrected chi connectivity index (χ4v) is 5.51. The van der Waals surface area contributed by atoms with Crippen LogP contribution in [-0.4, -0.2) is 49.6 Å². The van der Waals surface area contributed by atoms with Crippen LogP contribution in [0.1, 0.15) is 30.4 Å². The lowest BCUT2D eigenvalue weighted by atomic mass is 9.82. The highest BCUT2D eigenvalue weighted by molar-refractivity contribution is 5.82. The van der Waals surface area contributed by atoms with Crippen LogP contribution in [0.3, 0.4) is 0 Å². The van der Waals surface area contributed by atoms with Gasteiger partial charge in [0.05, 0.1) is 17.5 Å². The highest BCUT2D eigenvalue weighted by atomic mass is 19.4. The number of para-hydroxylation sites is 1. The van der Waals surface area contributed by atoms with Crippen LogP contribution in [-0.2, 0) is 17.4 Å². The van der Waals surface area contributed by atoms with Crippen LogP contribution in [0, 0.1) is 5.92 Å². The van der Waals surface area contributed by atoms with Crippen LogP contribution >= 0.6 is 0 Å². The molecule has 0 N–H and O–H groups in total. The standard InChI is InChI=1S/C25H28F3N3O/c26-25(27,28)19-9-10-22-18(15-19)16-21(24(32)29-11-5-2-6-12-29)23-17-30(13-14-31(22)23)20-7-3-1-4-8-20/h1,3-4,7-10,15,21,23H,2,5-6,11-14,16-17H2/t21-,23+/m0/s1. The van der Waals surface area contributed by atoms with Crippen LogP contribution in [0.15, 0.2) is 48.5 Å². The first-order valence-electron chi connectivity index (χ1n) is 11.5. The molecule has 2 atom stereocenters. The van der Waals surface area contributed by atoms with Crippen LogP contribution in [0.5, 0.6) is 0 Å². The molecule has 1 amide bonds. The highest BCUT2D eigenvalue weighted by Crippen LogP contribution is 2.40. The Balaban J connectivity index is 1.49. The van der Waals surface area contributed by atoms with Gasteiger partial charge in [-0.3, -0.25) is 4.79 Å². The number of carbonyl (C=O) groups is 1. The molecule has 0 spiro atoms. The smallest absolute Gasteiger partial charge is 0.368 e. The lowest BCUT2D eigenvalue weighted by Crippen LogP contribution is -2.61. The van der Waals surface area contributed by atoms with Crippen molar-refractivity contribution in [2.75, 3.05) is 42.5 Å². The normalized spacial score (nSPS) is 23.5. The van der Waals surface area contributed by atoms with Crippen molar-refractivity contribution in [3.63, 3.8) is 0 Å². The van der Waals surface area contributed by atoms with Crippen molar-refractivity contribution in [2.24, 2.45) is 5.92 Å². The average molecular weight is 444 g/mol. The number of hydrogen-bond donors (Lipinski definition) is 0. The van der Waals surface area contributed by atoms with Gasteiger partial charge in [0.1, 0.15) is 0 Å². The Morgan fingerprint density at radius 3 is 2.38 bits per heavy atom. The van der Waals surface area contributed by atoms with Crippen molar-refractivity contribution in [2.45, 2.75) is 37.9 Å². The summed E-state index contributed by atoms with van der Waals surface area (Å²) in [7, 11) is 0. The zero-order valence-corrected chi connectivity index (χ0v) is 18.0. The number of anilines is 2. The van der Waals surface area contributed by atoms with Gasteiger partial charge in [-0.2, -0.15) is 13.2 Å². The molecule has 3 aliphatic heterocycles. The van der Waals surface area contributed by atoms with E-state index in [0.29, 0.717) is 25.1 Å². The molecule has 0 saturated carbocycles. The van der Waals surface area contributed by atoms with E-state index in [-0.39, 0.29) is 17.9 Å². The minimum absolute atomic E-state index is 0.0531. The Morgan fingerprint density at radius 2 is 1.66 bits per heavy atom. The molecule has 2 aromatic carbocycles. The van der Waals surface area contributed by atoms with E-state index in [1.54, 1.807) is 6.07 Å². The van der Waals surface area contributed by atoms with Crippen LogP contribution in [0.25, 0.3) is 0 Å². The van der Waals surface area contributed by atoms with E-state index in [2.05, 4.69) is 21.9 Å². The molecule has 2 aromatic rings. The van der Waals surface area contributed by atoms with E-state index in [4.69, 9.17) is 0 Å². The Labute approximate surface area is 186 Å². The second-order valence-corrected chi connectivity index (χ2v) is 9.08. The quantitative estimate of drug-likeness (QED) is 0.680. The molecule has 0 unspecified atom stereocenters. The second-order valence-electron chi connectivity index (χ2n) is 9.08. The van der Waals surface area contributed by atoms with E-state index in [9.17, 15) is 18.0 Å². The van der Waals surface area contributed by atoms with E-state index in [1.807, 2.05) is 23.1 Å². The van der Waals surface area contributed by atoms with E-state index in [1.165, 1.54) is 12.1 Å². The Morgan fingerprint density at radius 1 is 0.906 bits per heavy atom. The number of piperazine rings is 1. The molecule has 32 heavy (non-hydrogen) atoms. The van der Waals surface area contributed by atoms with Gasteiger partial charge in [-0.25, -0.2) is 0 Å². The van der Waals surface area contributed by atoms with Crippen molar-refractivity contribution < 1.29 is 18.0 Å². The Hall–Kier alpha value is -2.70. The van der Waals surface area contributed by atoms with E-state index < -0.39 is 11.7 Å². The largest absolute Gasteiger partial charge is 0.416 e. The topological polar surface area (TPSA) is 26.8 Å². The lowest BCUT2D eigenvalue weighted by molar-refractivity contribution is -0.137. The number of halogens is 3. The lowest BCUT2D eigenvalue weighted by Gasteiger charge is -2.50. The second kappa shape index (κ2) is 8.34. The number of fused-ring (bicyclic) bond motifs is 3. The van der Waals surface area contributed by atoms with Crippen LogP contribution in [0.4, 0.5) is 24.5 Å². The Bertz CT molecular complexity index is 972. The van der Waals surface area contributed by atoms with E-state index in [0.717, 1.165) is 50.3 Å². The number of carbonyl (C=O) groups excluding carboxylic acids is 1. The number of benzene rings is 2. The first-order valence-corrected chi connectivity index (χ1v) is 11.5. The molecular formula is C25H28F3N3O. The maximum Gasteiger partial charge on any atom is 0.416 e. The molecule has 170 valence electrons. The molecule has 3 aliphatic rings. The van der Waals surface area contributed by atoms with Crippen molar-refractivity contribution in [3.8, 4) is 0 Å². The number of likely N-dealkylation sites (tertiary alicyclic amines) is 1. The van der Waals surface area contributed by atoms with Gasteiger partial charge in [0, 0.05) is 44.1 Å². The first kappa shape index (κ1) is 21.2. The number of rotatable bonds is 2. The molecule has 0 aliphatic carbocycles. The highest BCUT2D eigenvalue weighted by Gasteiger charge is 2.44. The van der Waals surface area contributed by atoms with Gasteiger partial charge in [0.15, 0.2) is 0 Å². The molecule has 4 nitrogen and oxygen atoms in total. The van der Waals surface area contributed by atoms with Crippen LogP contribution < -0.4 is 9.80 Å². The summed E-state index contributed by atoms with van der Waals surface area (Å²) in [6.45, 7) is 3.64. The predicted molar refractivity (Wildman–Crippen MR) is 119 cm³/mol. The number of alkyl halides is 3. The monoisotopic (exact) mass is 443 g/mol.